The molecule has 0 bridgehead atoms. The first-order chi connectivity index (χ1) is 6.97. The Kier molecular flexibility index (Phi) is 4.54. The third-order valence-electron chi connectivity index (χ3n) is 2.23. The van der Waals surface area contributed by atoms with Gasteiger partial charge in [-0.2, -0.15) is 0 Å². The van der Waals surface area contributed by atoms with Crippen molar-refractivity contribution in [3.05, 3.63) is 0 Å². The minimum absolute atomic E-state index is 0.0469. The maximum absolute atomic E-state index is 11.4. The molecule has 1 rings (SSSR count). The Morgan fingerprint density at radius 2 is 2.00 bits per heavy atom. The number of hydrogen-bond acceptors (Lipinski definition) is 4. The van der Waals surface area contributed by atoms with Gasteiger partial charge in [0.25, 0.3) is 0 Å². The SMILES string of the molecule is CC(C)(C)NCC(=O)OC1CCOCC1. The van der Waals surface area contributed by atoms with Crippen molar-refractivity contribution in [1.82, 2.24) is 5.32 Å². The lowest BCUT2D eigenvalue weighted by atomic mass is 10.1. The average Bonchev–Trinajstić information content (AvgIpc) is 2.15. The predicted octanol–water partition coefficient (Wildman–Crippen LogP) is 1.10. The highest BCUT2D eigenvalue weighted by atomic mass is 16.6. The topological polar surface area (TPSA) is 47.6 Å². The largest absolute Gasteiger partial charge is 0.461 e. The molecular formula is C11H21NO3. The minimum Gasteiger partial charge on any atom is -0.461 e. The number of rotatable bonds is 3. The molecule has 0 aromatic heterocycles. The van der Waals surface area contributed by atoms with E-state index in [1.165, 1.54) is 0 Å². The zero-order valence-corrected chi connectivity index (χ0v) is 9.84. The highest BCUT2D eigenvalue weighted by Gasteiger charge is 2.19. The molecule has 1 N–H and O–H groups in total. The molecule has 0 aliphatic carbocycles. The number of carbonyl (C=O) groups is 1. The van der Waals surface area contributed by atoms with Crippen LogP contribution in [0.15, 0.2) is 0 Å². The summed E-state index contributed by atoms with van der Waals surface area (Å²) in [5, 5.41) is 3.11. The summed E-state index contributed by atoms with van der Waals surface area (Å²) in [6.45, 7) is 7.74. The van der Waals surface area contributed by atoms with Crippen LogP contribution in [-0.4, -0.2) is 37.4 Å². The number of nitrogens with one attached hydrogen (secondary N) is 1. The molecule has 0 aromatic carbocycles. The normalized spacial score (nSPS) is 18.9. The second kappa shape index (κ2) is 5.47. The van der Waals surface area contributed by atoms with Crippen LogP contribution in [0, 0.1) is 0 Å². The maximum Gasteiger partial charge on any atom is 0.320 e. The Labute approximate surface area is 91.3 Å². The lowest BCUT2D eigenvalue weighted by Gasteiger charge is -2.24. The Bertz CT molecular complexity index is 204. The zero-order valence-electron chi connectivity index (χ0n) is 9.84. The van der Waals surface area contributed by atoms with E-state index in [-0.39, 0.29) is 24.2 Å². The standard InChI is InChI=1S/C11H21NO3/c1-11(2,3)12-8-10(13)15-9-4-6-14-7-5-9/h9,12H,4-8H2,1-3H3. The van der Waals surface area contributed by atoms with Gasteiger partial charge in [0.1, 0.15) is 6.10 Å². The van der Waals surface area contributed by atoms with E-state index in [1.54, 1.807) is 0 Å². The summed E-state index contributed by atoms with van der Waals surface area (Å²) in [6, 6.07) is 0. The Morgan fingerprint density at radius 3 is 2.53 bits per heavy atom. The minimum atomic E-state index is -0.170. The third kappa shape index (κ3) is 5.74. The van der Waals surface area contributed by atoms with Gasteiger partial charge < -0.3 is 14.8 Å². The summed E-state index contributed by atoms with van der Waals surface area (Å²) in [4.78, 5) is 11.4. The van der Waals surface area contributed by atoms with Gasteiger partial charge in [0.2, 0.25) is 0 Å². The van der Waals surface area contributed by atoms with Crippen LogP contribution in [0.3, 0.4) is 0 Å². The predicted molar refractivity (Wildman–Crippen MR) is 57.7 cm³/mol. The third-order valence-corrected chi connectivity index (χ3v) is 2.23. The molecule has 4 nitrogen and oxygen atoms in total. The summed E-state index contributed by atoms with van der Waals surface area (Å²) < 4.78 is 10.5. The fraction of sp³-hybridized carbons (Fsp3) is 0.909. The van der Waals surface area contributed by atoms with Gasteiger partial charge in [-0.05, 0) is 20.8 Å². The Balaban J connectivity index is 2.17. The number of hydrogen-bond donors (Lipinski definition) is 1. The van der Waals surface area contributed by atoms with Crippen molar-refractivity contribution in [2.75, 3.05) is 19.8 Å². The molecule has 0 unspecified atom stereocenters. The smallest absolute Gasteiger partial charge is 0.320 e. The van der Waals surface area contributed by atoms with E-state index >= 15 is 0 Å². The summed E-state index contributed by atoms with van der Waals surface area (Å²) in [6.07, 6.45) is 1.69. The molecule has 1 heterocycles. The molecule has 0 aromatic rings. The molecule has 88 valence electrons. The van der Waals surface area contributed by atoms with Crippen LogP contribution < -0.4 is 5.32 Å². The molecule has 0 amide bonds. The highest BCUT2D eigenvalue weighted by molar-refractivity contribution is 5.71. The molecule has 0 spiro atoms. The van der Waals surface area contributed by atoms with Gasteiger partial charge >= 0.3 is 5.97 Å². The van der Waals surface area contributed by atoms with E-state index in [1.807, 2.05) is 20.8 Å². The van der Waals surface area contributed by atoms with Crippen LogP contribution in [0.4, 0.5) is 0 Å². The number of ether oxygens (including phenoxy) is 2. The van der Waals surface area contributed by atoms with Crippen LogP contribution in [-0.2, 0) is 14.3 Å². The molecule has 4 heteroatoms. The van der Waals surface area contributed by atoms with Crippen LogP contribution in [0.25, 0.3) is 0 Å². The van der Waals surface area contributed by atoms with Gasteiger partial charge in [-0.1, -0.05) is 0 Å². The molecule has 1 fully saturated rings. The molecule has 15 heavy (non-hydrogen) atoms. The first kappa shape index (κ1) is 12.5. The van der Waals surface area contributed by atoms with Crippen molar-refractivity contribution >= 4 is 5.97 Å². The van der Waals surface area contributed by atoms with E-state index in [4.69, 9.17) is 9.47 Å². The first-order valence-corrected chi connectivity index (χ1v) is 5.49. The van der Waals surface area contributed by atoms with Crippen molar-refractivity contribution in [2.45, 2.75) is 45.3 Å². The van der Waals surface area contributed by atoms with Gasteiger partial charge in [-0.15, -0.1) is 0 Å². The van der Waals surface area contributed by atoms with Gasteiger partial charge in [0.05, 0.1) is 19.8 Å². The van der Waals surface area contributed by atoms with E-state index in [0.29, 0.717) is 13.2 Å². The fourth-order valence-corrected chi connectivity index (χ4v) is 1.36. The quantitative estimate of drug-likeness (QED) is 0.716. The lowest BCUT2D eigenvalue weighted by molar-refractivity contribution is -0.152. The summed E-state index contributed by atoms with van der Waals surface area (Å²) in [5.41, 5.74) is -0.0469. The van der Waals surface area contributed by atoms with Crippen molar-refractivity contribution in [1.29, 1.82) is 0 Å². The second-order valence-corrected chi connectivity index (χ2v) is 4.91. The number of esters is 1. The average molecular weight is 215 g/mol. The molecule has 1 aliphatic heterocycles. The van der Waals surface area contributed by atoms with E-state index in [2.05, 4.69) is 5.32 Å². The molecule has 0 saturated carbocycles. The monoisotopic (exact) mass is 215 g/mol. The van der Waals surface area contributed by atoms with E-state index in [0.717, 1.165) is 12.8 Å². The Hall–Kier alpha value is -0.610. The van der Waals surface area contributed by atoms with Crippen molar-refractivity contribution in [2.24, 2.45) is 0 Å². The maximum atomic E-state index is 11.4. The molecular weight excluding hydrogens is 194 g/mol. The van der Waals surface area contributed by atoms with Crippen molar-refractivity contribution in [3.8, 4) is 0 Å². The number of carbonyl (C=O) groups excluding carboxylic acids is 1. The van der Waals surface area contributed by atoms with Gasteiger partial charge in [0, 0.05) is 18.4 Å². The second-order valence-electron chi connectivity index (χ2n) is 4.91. The molecule has 1 aliphatic rings. The zero-order chi connectivity index (χ0) is 11.3. The van der Waals surface area contributed by atoms with Crippen LogP contribution in [0.5, 0.6) is 0 Å². The van der Waals surface area contributed by atoms with Gasteiger partial charge in [-0.25, -0.2) is 0 Å². The van der Waals surface area contributed by atoms with Crippen LogP contribution >= 0.6 is 0 Å². The van der Waals surface area contributed by atoms with Crippen molar-refractivity contribution < 1.29 is 14.3 Å². The van der Waals surface area contributed by atoms with Crippen LogP contribution in [0.1, 0.15) is 33.6 Å². The van der Waals surface area contributed by atoms with Crippen molar-refractivity contribution in [3.63, 3.8) is 0 Å². The summed E-state index contributed by atoms with van der Waals surface area (Å²) in [7, 11) is 0. The van der Waals surface area contributed by atoms with E-state index < -0.39 is 0 Å². The van der Waals surface area contributed by atoms with Gasteiger partial charge in [0.15, 0.2) is 0 Å². The lowest BCUT2D eigenvalue weighted by Crippen LogP contribution is -2.41. The first-order valence-electron chi connectivity index (χ1n) is 5.49. The Morgan fingerprint density at radius 1 is 1.40 bits per heavy atom. The highest BCUT2D eigenvalue weighted by Crippen LogP contribution is 2.10. The molecule has 0 radical (unpaired) electrons. The van der Waals surface area contributed by atoms with Gasteiger partial charge in [-0.3, -0.25) is 4.79 Å². The van der Waals surface area contributed by atoms with Crippen LogP contribution in [0.2, 0.25) is 0 Å². The summed E-state index contributed by atoms with van der Waals surface area (Å²) >= 11 is 0. The molecule has 1 saturated heterocycles. The fourth-order valence-electron chi connectivity index (χ4n) is 1.36. The summed E-state index contributed by atoms with van der Waals surface area (Å²) in [5.74, 6) is -0.170. The van der Waals surface area contributed by atoms with E-state index in [9.17, 15) is 4.79 Å². The molecule has 0 atom stereocenters.